The molecular weight excluding hydrogens is 529 g/mol. The third-order valence-electron chi connectivity index (χ3n) is 5.20. The molecule has 0 aliphatic heterocycles. The maximum atomic E-state index is 5.69. The van der Waals surface area contributed by atoms with Crippen LogP contribution in [0.5, 0.6) is 28.7 Å². The van der Waals surface area contributed by atoms with Crippen molar-refractivity contribution in [3.8, 4) is 62.1 Å². The van der Waals surface area contributed by atoms with E-state index in [0.717, 1.165) is 33.4 Å². The molecule has 34 heavy (non-hydrogen) atoms. The lowest BCUT2D eigenvalue weighted by atomic mass is 9.89. The summed E-state index contributed by atoms with van der Waals surface area (Å²) in [7, 11) is 0. The Morgan fingerprint density at radius 2 is 0.824 bits per heavy atom. The normalized spacial score (nSPS) is 10.5. The number of thiol groups is 5. The van der Waals surface area contributed by atoms with Crippen LogP contribution in [0, 0.1) is 0 Å². The van der Waals surface area contributed by atoms with E-state index in [2.05, 4.69) is 64.5 Å². The summed E-state index contributed by atoms with van der Waals surface area (Å²) in [5.74, 6) is 2.86. The number of hydrogen-bond donors (Lipinski definition) is 5. The lowest BCUT2D eigenvalue weighted by Crippen LogP contribution is -1.96. The summed E-state index contributed by atoms with van der Waals surface area (Å²) in [6.45, 7) is 0. The lowest BCUT2D eigenvalue weighted by molar-refractivity contribution is 0.645. The maximum Gasteiger partial charge on any atom is 0.153 e. The van der Waals surface area contributed by atoms with E-state index in [0.29, 0.717) is 28.7 Å². The molecule has 0 aliphatic rings. The molecule has 0 saturated carbocycles. The van der Waals surface area contributed by atoms with Crippen LogP contribution in [0.15, 0.2) is 78.9 Å². The smallest absolute Gasteiger partial charge is 0.153 e. The Kier molecular flexibility index (Phi) is 8.28. The van der Waals surface area contributed by atoms with Gasteiger partial charge < -0.3 is 20.9 Å². The Morgan fingerprint density at radius 1 is 0.412 bits per heavy atom. The van der Waals surface area contributed by atoms with Crippen molar-refractivity contribution < 1.29 is 20.9 Å². The van der Waals surface area contributed by atoms with Gasteiger partial charge in [0.05, 0.1) is 0 Å². The van der Waals surface area contributed by atoms with Gasteiger partial charge in [-0.2, -0.15) is 0 Å². The van der Waals surface area contributed by atoms with Crippen LogP contribution in [-0.2, 0) is 0 Å². The molecule has 0 aromatic heterocycles. The largest absolute Gasteiger partial charge is 0.429 e. The highest BCUT2D eigenvalue weighted by molar-refractivity contribution is 7.76. The molecule has 4 rings (SSSR count). The van der Waals surface area contributed by atoms with Gasteiger partial charge in [-0.3, -0.25) is 0 Å². The molecule has 0 spiro atoms. The molecule has 0 unspecified atom stereocenters. The van der Waals surface area contributed by atoms with Gasteiger partial charge >= 0.3 is 0 Å². The van der Waals surface area contributed by atoms with E-state index in [1.807, 2.05) is 42.5 Å². The molecule has 0 saturated heterocycles. The third kappa shape index (κ3) is 5.01. The van der Waals surface area contributed by atoms with Gasteiger partial charge in [0.25, 0.3) is 0 Å². The van der Waals surface area contributed by atoms with Crippen molar-refractivity contribution in [3.63, 3.8) is 0 Å². The lowest BCUT2D eigenvalue weighted by Gasteiger charge is -2.21. The first kappa shape index (κ1) is 24.7. The van der Waals surface area contributed by atoms with Gasteiger partial charge in [0.2, 0.25) is 0 Å². The number of rotatable bonds is 8. The van der Waals surface area contributed by atoms with E-state index < -0.39 is 0 Å². The second-order valence-corrected chi connectivity index (χ2v) is 7.94. The van der Waals surface area contributed by atoms with Crippen molar-refractivity contribution in [3.05, 3.63) is 78.9 Å². The summed E-state index contributed by atoms with van der Waals surface area (Å²) >= 11 is 20.0. The summed E-state index contributed by atoms with van der Waals surface area (Å²) < 4.78 is 26.3. The van der Waals surface area contributed by atoms with E-state index in [9.17, 15) is 0 Å². The zero-order valence-corrected chi connectivity index (χ0v) is 21.8. The topological polar surface area (TPSA) is 46.2 Å². The minimum Gasteiger partial charge on any atom is -0.429 e. The van der Waals surface area contributed by atoms with E-state index >= 15 is 0 Å². The third-order valence-corrected chi connectivity index (χ3v) is 6.21. The molecule has 0 aliphatic carbocycles. The molecule has 0 heterocycles. The summed E-state index contributed by atoms with van der Waals surface area (Å²) in [4.78, 5) is 0. The predicted octanol–water partition coefficient (Wildman–Crippen LogP) is 7.81. The van der Waals surface area contributed by atoms with E-state index in [1.165, 1.54) is 0 Å². The number of hydrogen-bond acceptors (Lipinski definition) is 10. The first-order valence-electron chi connectivity index (χ1n) is 9.72. The second kappa shape index (κ2) is 11.4. The summed E-state index contributed by atoms with van der Waals surface area (Å²) in [6.07, 6.45) is 0. The van der Waals surface area contributed by atoms with Crippen molar-refractivity contribution >= 4 is 64.5 Å². The fourth-order valence-electron chi connectivity index (χ4n) is 3.64. The minimum atomic E-state index is 0.519. The van der Waals surface area contributed by atoms with Crippen LogP contribution >= 0.6 is 64.5 Å². The molecule has 10 heteroatoms. The average molecular weight is 547 g/mol. The zero-order valence-electron chi connectivity index (χ0n) is 17.3. The molecule has 0 N–H and O–H groups in total. The fraction of sp³-hybridized carbons (Fsp3) is 0. The highest BCUT2D eigenvalue weighted by Crippen LogP contribution is 2.51. The molecule has 0 bridgehead atoms. The summed E-state index contributed by atoms with van der Waals surface area (Å²) in [5.41, 5.74) is 4.78. The molecule has 4 aromatic rings. The predicted molar refractivity (Wildman–Crippen MR) is 151 cm³/mol. The molecule has 174 valence electrons. The standard InChI is InChI=1S/C24H18O5S5/c30-25-17-7-1-14(2-8-17)20-13-21(28-33)22(15-3-9-18(26-31)10-4-15)23(24(20)29-34)16-5-11-19(27-32)12-6-16/h1-13,30-34H. The van der Waals surface area contributed by atoms with Crippen LogP contribution in [0.4, 0.5) is 0 Å². The highest BCUT2D eigenvalue weighted by Gasteiger charge is 2.24. The number of benzene rings is 4. The highest BCUT2D eigenvalue weighted by atomic mass is 32.1. The van der Waals surface area contributed by atoms with Crippen LogP contribution in [0.2, 0.25) is 0 Å². The molecule has 5 nitrogen and oxygen atoms in total. The maximum absolute atomic E-state index is 5.69. The first-order chi connectivity index (χ1) is 16.6. The first-order valence-corrected chi connectivity index (χ1v) is 11.6. The van der Waals surface area contributed by atoms with Crippen molar-refractivity contribution in [2.45, 2.75) is 0 Å². The van der Waals surface area contributed by atoms with Gasteiger partial charge in [0.1, 0.15) is 23.0 Å². The SMILES string of the molecule is SOc1ccc(-c2cc(OS)c(-c3ccc(OS)cc3)c(-c3ccc(OS)cc3)c2OS)cc1. The quantitative estimate of drug-likeness (QED) is 0.115. The van der Waals surface area contributed by atoms with Crippen LogP contribution in [0.1, 0.15) is 0 Å². The Balaban J connectivity index is 2.04. The molecule has 0 atom stereocenters. The van der Waals surface area contributed by atoms with Crippen LogP contribution in [0.3, 0.4) is 0 Å². The fourth-order valence-corrected chi connectivity index (χ4v) is 4.34. The van der Waals surface area contributed by atoms with Crippen molar-refractivity contribution in [2.24, 2.45) is 0 Å². The molecule has 0 radical (unpaired) electrons. The van der Waals surface area contributed by atoms with Gasteiger partial charge in [-0.05, 0) is 59.2 Å². The van der Waals surface area contributed by atoms with Crippen molar-refractivity contribution in [1.82, 2.24) is 0 Å². The zero-order chi connectivity index (χ0) is 24.1. The molecule has 0 fully saturated rings. The molecular formula is C24H18O5S5. The van der Waals surface area contributed by atoms with Crippen molar-refractivity contribution in [1.29, 1.82) is 0 Å². The van der Waals surface area contributed by atoms with Gasteiger partial charge in [-0.15, -0.1) is 0 Å². The molecule has 4 aromatic carbocycles. The Labute approximate surface area is 225 Å². The van der Waals surface area contributed by atoms with E-state index in [4.69, 9.17) is 20.9 Å². The Hall–Kier alpha value is -2.37. The minimum absolute atomic E-state index is 0.519. The average Bonchev–Trinajstić information content (AvgIpc) is 2.92. The van der Waals surface area contributed by atoms with E-state index in [1.54, 1.807) is 36.4 Å². The summed E-state index contributed by atoms with van der Waals surface area (Å²) in [5, 5.41) is 0. The molecule has 0 amide bonds. The monoisotopic (exact) mass is 546 g/mol. The van der Waals surface area contributed by atoms with Crippen LogP contribution in [-0.4, -0.2) is 0 Å². The van der Waals surface area contributed by atoms with Gasteiger partial charge in [-0.25, -0.2) is 0 Å². The second-order valence-electron chi connectivity index (χ2n) is 7.03. The van der Waals surface area contributed by atoms with Gasteiger partial charge in [0.15, 0.2) is 5.75 Å². The van der Waals surface area contributed by atoms with Gasteiger partial charge in [-0.1, -0.05) is 36.4 Å². The van der Waals surface area contributed by atoms with Crippen molar-refractivity contribution in [2.75, 3.05) is 0 Å². The summed E-state index contributed by atoms with van der Waals surface area (Å²) in [6, 6.07) is 24.0. The van der Waals surface area contributed by atoms with Gasteiger partial charge in [0, 0.05) is 81.2 Å². The van der Waals surface area contributed by atoms with Crippen LogP contribution < -0.4 is 20.9 Å². The Morgan fingerprint density at radius 3 is 1.21 bits per heavy atom. The van der Waals surface area contributed by atoms with Crippen LogP contribution in [0.25, 0.3) is 33.4 Å². The van der Waals surface area contributed by atoms with E-state index in [-0.39, 0.29) is 0 Å². The Bertz CT molecular complexity index is 1260.